The van der Waals surface area contributed by atoms with E-state index in [1.807, 2.05) is 51.1 Å². The maximum absolute atomic E-state index is 13.8. The fraction of sp³-hybridized carbons (Fsp3) is 0.464. The van der Waals surface area contributed by atoms with Gasteiger partial charge in [-0.1, -0.05) is 37.6 Å². The molecule has 0 N–H and O–H groups in total. The fourth-order valence-corrected chi connectivity index (χ4v) is 4.92. The highest BCUT2D eigenvalue weighted by molar-refractivity contribution is 8.00. The van der Waals surface area contributed by atoms with E-state index < -0.39 is 23.3 Å². The maximum atomic E-state index is 13.8. The molecule has 1 heterocycles. The van der Waals surface area contributed by atoms with E-state index in [4.69, 9.17) is 14.2 Å². The molecule has 0 spiro atoms. The van der Waals surface area contributed by atoms with Gasteiger partial charge in [-0.3, -0.25) is 9.59 Å². The Morgan fingerprint density at radius 2 is 2.00 bits per heavy atom. The molecule has 8 nitrogen and oxygen atoms in total. The summed E-state index contributed by atoms with van der Waals surface area (Å²) in [5.41, 5.74) is 0.974. The highest BCUT2D eigenvalue weighted by atomic mass is 32.2. The number of unbranched alkanes of at least 4 members (excludes halogenated alkanes) is 1. The van der Waals surface area contributed by atoms with Crippen molar-refractivity contribution in [1.82, 2.24) is 4.90 Å². The zero-order valence-corrected chi connectivity index (χ0v) is 23.4. The van der Waals surface area contributed by atoms with Crippen molar-refractivity contribution in [2.45, 2.75) is 49.9 Å². The monoisotopic (exact) mass is 530 g/mol. The number of ether oxygens (including phenoxy) is 3. The van der Waals surface area contributed by atoms with Crippen LogP contribution in [0.4, 0.5) is 5.69 Å². The number of esters is 2. The van der Waals surface area contributed by atoms with Gasteiger partial charge in [-0.25, -0.2) is 4.79 Å². The zero-order valence-electron chi connectivity index (χ0n) is 22.6. The van der Waals surface area contributed by atoms with E-state index >= 15 is 0 Å². The Morgan fingerprint density at radius 1 is 1.24 bits per heavy atom. The Hall–Kier alpha value is -3.04. The van der Waals surface area contributed by atoms with Crippen LogP contribution in [0.15, 0.2) is 59.2 Å². The van der Waals surface area contributed by atoms with E-state index in [9.17, 15) is 14.4 Å². The molecular formula is C28H38N2O6S. The van der Waals surface area contributed by atoms with Crippen LogP contribution in [0.3, 0.4) is 0 Å². The minimum atomic E-state index is -1.08. The lowest BCUT2D eigenvalue weighted by Gasteiger charge is -2.27. The van der Waals surface area contributed by atoms with Crippen molar-refractivity contribution < 1.29 is 28.6 Å². The van der Waals surface area contributed by atoms with Crippen molar-refractivity contribution in [2.75, 3.05) is 45.8 Å². The van der Waals surface area contributed by atoms with Gasteiger partial charge in [0.1, 0.15) is 5.76 Å². The number of thioether (sulfide) groups is 1. The number of rotatable bonds is 12. The van der Waals surface area contributed by atoms with Crippen LogP contribution in [0.25, 0.3) is 0 Å². The summed E-state index contributed by atoms with van der Waals surface area (Å²) in [7, 11) is 5.40. The number of hydrogen-bond donors (Lipinski definition) is 0. The van der Waals surface area contributed by atoms with E-state index in [1.165, 1.54) is 18.7 Å². The van der Waals surface area contributed by atoms with E-state index in [1.54, 1.807) is 42.4 Å². The summed E-state index contributed by atoms with van der Waals surface area (Å²) < 4.78 is 16.4. The zero-order chi connectivity index (χ0) is 27.4. The van der Waals surface area contributed by atoms with Crippen molar-refractivity contribution in [3.63, 3.8) is 0 Å². The van der Waals surface area contributed by atoms with Crippen molar-refractivity contribution in [2.24, 2.45) is 0 Å². The number of methoxy groups -OCH3 is 1. The molecule has 0 fully saturated rings. The average Bonchev–Trinajstić information content (AvgIpc) is 2.96. The topological polar surface area (TPSA) is 85.4 Å². The molecule has 0 aliphatic carbocycles. The number of fused-ring (bicyclic) bond motifs is 1. The van der Waals surface area contributed by atoms with Crippen LogP contribution in [0.5, 0.6) is 0 Å². The van der Waals surface area contributed by atoms with Crippen molar-refractivity contribution in [3.8, 4) is 0 Å². The first-order chi connectivity index (χ1) is 17.7. The molecule has 0 unspecified atom stereocenters. The minimum absolute atomic E-state index is 0.321. The van der Waals surface area contributed by atoms with E-state index in [0.29, 0.717) is 41.6 Å². The maximum Gasteiger partial charge on any atom is 0.339 e. The normalized spacial score (nSPS) is 18.3. The highest BCUT2D eigenvalue weighted by Crippen LogP contribution is 2.42. The molecule has 1 aliphatic rings. The molecule has 1 aromatic carbocycles. The number of allylic oxidation sites excluding steroid dienone is 4. The number of benzene rings is 1. The molecule has 1 aromatic rings. The summed E-state index contributed by atoms with van der Waals surface area (Å²) in [5, 5.41) is -0.593. The Morgan fingerprint density at radius 3 is 2.62 bits per heavy atom. The summed E-state index contributed by atoms with van der Waals surface area (Å²) >= 11 is 1.31. The molecule has 0 radical (unpaired) electrons. The molecule has 0 saturated carbocycles. The average molecular weight is 531 g/mol. The predicted molar refractivity (Wildman–Crippen MR) is 147 cm³/mol. The number of hydrogen-bond acceptors (Lipinski definition) is 8. The van der Waals surface area contributed by atoms with Crippen LogP contribution in [-0.4, -0.2) is 75.0 Å². The third-order valence-corrected chi connectivity index (χ3v) is 6.83. The standard InChI is InChI=1S/C28H38N2O6S/c1-7-9-19-35-28(33)22-14-11-15-23-26(22)37-24(16-10-13-21(34-6)12-8-2)25(36-20(3)31)27(32)30(23)18-17-29(4)5/h8,10-16,24-25H,7,9,17-19H2,1-6H3/b12-8-,16-10+,21-13+/t24-,25+/m0/s1. The lowest BCUT2D eigenvalue weighted by atomic mass is 10.1. The number of anilines is 1. The summed E-state index contributed by atoms with van der Waals surface area (Å²) in [6.07, 6.45) is 9.56. The van der Waals surface area contributed by atoms with Crippen molar-refractivity contribution in [1.29, 1.82) is 0 Å². The van der Waals surface area contributed by atoms with Gasteiger partial charge in [0.15, 0.2) is 6.10 Å². The minimum Gasteiger partial charge on any atom is -0.497 e. The largest absolute Gasteiger partial charge is 0.497 e. The summed E-state index contributed by atoms with van der Waals surface area (Å²) in [5.74, 6) is -0.724. The number of likely N-dealkylation sites (N-methyl/N-ethyl adjacent to an activating group) is 1. The van der Waals surface area contributed by atoms with Crippen LogP contribution >= 0.6 is 11.8 Å². The number of nitrogens with zero attached hydrogens (tertiary/aromatic N) is 2. The highest BCUT2D eigenvalue weighted by Gasteiger charge is 2.40. The third-order valence-electron chi connectivity index (χ3n) is 5.49. The molecule has 37 heavy (non-hydrogen) atoms. The second-order valence-electron chi connectivity index (χ2n) is 8.71. The molecule has 202 valence electrons. The van der Waals surface area contributed by atoms with E-state index in [0.717, 1.165) is 12.8 Å². The van der Waals surface area contributed by atoms with Crippen LogP contribution in [0.2, 0.25) is 0 Å². The Bertz CT molecular complexity index is 1030. The molecule has 9 heteroatoms. The Kier molecular flexibility index (Phi) is 12.5. The van der Waals surface area contributed by atoms with E-state index in [2.05, 4.69) is 0 Å². The van der Waals surface area contributed by atoms with E-state index in [-0.39, 0.29) is 5.91 Å². The molecule has 0 aromatic heterocycles. The summed E-state index contributed by atoms with van der Waals surface area (Å²) in [4.78, 5) is 43.1. The van der Waals surface area contributed by atoms with Crippen molar-refractivity contribution in [3.05, 3.63) is 59.9 Å². The van der Waals surface area contributed by atoms with Crippen LogP contribution in [0.1, 0.15) is 44.0 Å². The fourth-order valence-electron chi connectivity index (χ4n) is 3.60. The van der Waals surface area contributed by atoms with Crippen LogP contribution < -0.4 is 4.90 Å². The summed E-state index contributed by atoms with van der Waals surface area (Å²) in [6, 6.07) is 5.26. The molecule has 2 atom stereocenters. The van der Waals surface area contributed by atoms with Gasteiger partial charge in [0.25, 0.3) is 5.91 Å². The first-order valence-electron chi connectivity index (χ1n) is 12.4. The second kappa shape index (κ2) is 15.3. The van der Waals surface area contributed by atoms with Gasteiger partial charge in [-0.05, 0) is 51.7 Å². The number of carbonyl (C=O) groups excluding carboxylic acids is 3. The summed E-state index contributed by atoms with van der Waals surface area (Å²) in [6.45, 7) is 6.45. The predicted octanol–water partition coefficient (Wildman–Crippen LogP) is 4.61. The smallest absolute Gasteiger partial charge is 0.339 e. The first kappa shape index (κ1) is 30.2. The molecule has 0 saturated heterocycles. The molecule has 0 bridgehead atoms. The second-order valence-corrected chi connectivity index (χ2v) is 9.90. The molecular weight excluding hydrogens is 492 g/mol. The first-order valence-corrected chi connectivity index (χ1v) is 13.3. The van der Waals surface area contributed by atoms with Gasteiger partial charge in [0, 0.05) is 24.9 Å². The number of carbonyl (C=O) groups is 3. The molecule has 1 aliphatic heterocycles. The number of amides is 1. The van der Waals surface area contributed by atoms with Gasteiger partial charge in [-0.2, -0.15) is 0 Å². The van der Waals surface area contributed by atoms with Gasteiger partial charge in [-0.15, -0.1) is 11.8 Å². The van der Waals surface area contributed by atoms with Gasteiger partial charge < -0.3 is 24.0 Å². The lowest BCUT2D eigenvalue weighted by molar-refractivity contribution is -0.152. The van der Waals surface area contributed by atoms with Gasteiger partial charge in [0.05, 0.1) is 30.2 Å². The Labute approximate surface area is 224 Å². The van der Waals surface area contributed by atoms with Crippen LogP contribution in [0, 0.1) is 0 Å². The Balaban J connectivity index is 2.61. The van der Waals surface area contributed by atoms with Crippen molar-refractivity contribution >= 4 is 35.3 Å². The van der Waals surface area contributed by atoms with Crippen LogP contribution in [-0.2, 0) is 23.8 Å². The SMILES string of the molecule is C\C=C/C(=C\C=C\[C@@H]1Sc2c(C(=O)OCCCC)cccc2N(CCN(C)C)C(=O)[C@@H]1OC(C)=O)OC. The molecule has 2 rings (SSSR count). The lowest BCUT2D eigenvalue weighted by Crippen LogP contribution is -2.46. The molecule has 1 amide bonds. The quantitative estimate of drug-likeness (QED) is 0.168. The van der Waals surface area contributed by atoms with Gasteiger partial charge >= 0.3 is 11.9 Å². The van der Waals surface area contributed by atoms with Gasteiger partial charge in [0.2, 0.25) is 0 Å². The third kappa shape index (κ3) is 8.79.